The van der Waals surface area contributed by atoms with E-state index in [-0.39, 0.29) is 23.7 Å². The number of hydrogen-bond donors (Lipinski definition) is 2. The normalized spacial score (nSPS) is 13.9. The average Bonchev–Trinajstić information content (AvgIpc) is 2.62. The van der Waals surface area contributed by atoms with Crippen molar-refractivity contribution in [3.8, 4) is 5.75 Å². The lowest BCUT2D eigenvalue weighted by molar-refractivity contribution is -0.171. The van der Waals surface area contributed by atoms with E-state index in [9.17, 15) is 14.4 Å². The maximum Gasteiger partial charge on any atom is 0.511 e. The zero-order chi connectivity index (χ0) is 13.5. The Balaban J connectivity index is 0.000000184. The molecule has 1 aliphatic heterocycles. The quantitative estimate of drug-likeness (QED) is 0.429. The van der Waals surface area contributed by atoms with E-state index in [1.165, 1.54) is 18.5 Å². The van der Waals surface area contributed by atoms with Gasteiger partial charge in [0.15, 0.2) is 5.75 Å². The summed E-state index contributed by atoms with van der Waals surface area (Å²) in [6.07, 6.45) is 1.83. The summed E-state index contributed by atoms with van der Waals surface area (Å²) in [5, 5.41) is 16.7. The molecule has 0 unspecified atom stereocenters. The van der Waals surface area contributed by atoms with Crippen LogP contribution >= 0.6 is 0 Å². The van der Waals surface area contributed by atoms with Gasteiger partial charge in [-0.05, 0) is 12.1 Å². The van der Waals surface area contributed by atoms with Crippen molar-refractivity contribution in [1.29, 1.82) is 0 Å². The van der Waals surface area contributed by atoms with Gasteiger partial charge in [-0.1, -0.05) is 0 Å². The van der Waals surface area contributed by atoms with Crippen LogP contribution in [0.2, 0.25) is 0 Å². The molecule has 96 valence electrons. The van der Waals surface area contributed by atoms with Crippen molar-refractivity contribution < 1.29 is 29.4 Å². The Kier molecular flexibility index (Phi) is 4.76. The van der Waals surface area contributed by atoms with Crippen molar-refractivity contribution in [2.75, 3.05) is 0 Å². The average molecular weight is 254 g/mol. The third-order valence-electron chi connectivity index (χ3n) is 1.86. The molecule has 1 fully saturated rings. The largest absolute Gasteiger partial charge is 0.511 e. The first kappa shape index (κ1) is 13.6. The molecule has 0 bridgehead atoms. The molecule has 0 aromatic carbocycles. The highest BCUT2D eigenvalue weighted by atomic mass is 16.7. The lowest BCUT2D eigenvalue weighted by atomic mass is 10.4. The molecule has 8 heteroatoms. The number of nitrogens with zero attached hydrogens (tertiary/aromatic N) is 2. The third-order valence-corrected chi connectivity index (χ3v) is 1.86. The number of imide groups is 1. The lowest BCUT2D eigenvalue weighted by Gasteiger charge is -1.98. The Bertz CT molecular complexity index is 431. The van der Waals surface area contributed by atoms with E-state index >= 15 is 0 Å². The number of aromatic nitrogens is 1. The zero-order valence-electron chi connectivity index (χ0n) is 9.15. The van der Waals surface area contributed by atoms with Gasteiger partial charge in [0.2, 0.25) is 0 Å². The minimum Gasteiger partial charge on any atom is -0.449 e. The highest BCUT2D eigenvalue weighted by Crippen LogP contribution is 2.07. The molecule has 8 nitrogen and oxygen atoms in total. The highest BCUT2D eigenvalue weighted by molar-refractivity contribution is 6.00. The number of carboxylic acid groups (broad SMARTS) is 1. The summed E-state index contributed by atoms with van der Waals surface area (Å²) >= 11 is 0. The summed E-state index contributed by atoms with van der Waals surface area (Å²) in [5.41, 5.74) is 0. The number of hydrogen-bond acceptors (Lipinski definition) is 6. The Morgan fingerprint density at radius 2 is 1.94 bits per heavy atom. The maximum absolute atomic E-state index is 10.2. The zero-order valence-corrected chi connectivity index (χ0v) is 9.15. The first-order valence-corrected chi connectivity index (χ1v) is 4.86. The number of ether oxygens (including phenoxy) is 1. The molecule has 2 rings (SSSR count). The third kappa shape index (κ3) is 4.18. The monoisotopic (exact) mass is 254 g/mol. The molecule has 2 heterocycles. The molecule has 0 aliphatic carbocycles. The van der Waals surface area contributed by atoms with Crippen molar-refractivity contribution >= 4 is 18.0 Å². The summed E-state index contributed by atoms with van der Waals surface area (Å²) < 4.78 is 4.27. The Labute approximate surface area is 101 Å². The van der Waals surface area contributed by atoms with Crippen LogP contribution in [0.1, 0.15) is 12.8 Å². The van der Waals surface area contributed by atoms with E-state index in [1.807, 2.05) is 0 Å². The molecule has 1 aromatic rings. The second-order valence-electron chi connectivity index (χ2n) is 3.16. The van der Waals surface area contributed by atoms with Crippen molar-refractivity contribution in [3.63, 3.8) is 0 Å². The molecule has 1 saturated heterocycles. The fourth-order valence-corrected chi connectivity index (χ4v) is 1.07. The standard InChI is InChI=1S/C6H5NO3.C4H5NO3/c8-6(9)10-5-2-1-3-7-4-5;6-3-1-2-4(7)5(3)8/h1-4H,(H,8,9);8H,1-2H2. The van der Waals surface area contributed by atoms with Crippen LogP contribution in [-0.2, 0) is 9.59 Å². The maximum atomic E-state index is 10.2. The van der Waals surface area contributed by atoms with E-state index in [0.717, 1.165) is 0 Å². The molecule has 18 heavy (non-hydrogen) atoms. The van der Waals surface area contributed by atoms with Crippen LogP contribution in [-0.4, -0.2) is 38.3 Å². The van der Waals surface area contributed by atoms with Gasteiger partial charge in [0.25, 0.3) is 11.8 Å². The van der Waals surface area contributed by atoms with Crippen molar-refractivity contribution in [1.82, 2.24) is 10.0 Å². The second-order valence-corrected chi connectivity index (χ2v) is 3.16. The molecule has 2 N–H and O–H groups in total. The van der Waals surface area contributed by atoms with Crippen LogP contribution < -0.4 is 4.74 Å². The van der Waals surface area contributed by atoms with Crippen LogP contribution in [0.3, 0.4) is 0 Å². The summed E-state index contributed by atoms with van der Waals surface area (Å²) in [7, 11) is 0. The van der Waals surface area contributed by atoms with Crippen molar-refractivity contribution in [2.24, 2.45) is 0 Å². The van der Waals surface area contributed by atoms with Gasteiger partial charge < -0.3 is 9.84 Å². The molecule has 2 amide bonds. The van der Waals surface area contributed by atoms with Gasteiger partial charge in [-0.3, -0.25) is 19.8 Å². The van der Waals surface area contributed by atoms with Gasteiger partial charge in [-0.25, -0.2) is 4.79 Å². The van der Waals surface area contributed by atoms with E-state index in [1.54, 1.807) is 6.07 Å². The fraction of sp³-hybridized carbons (Fsp3) is 0.200. The lowest BCUT2D eigenvalue weighted by Crippen LogP contribution is -2.24. The molecule has 0 saturated carbocycles. The summed E-state index contributed by atoms with van der Waals surface area (Å²) in [5.74, 6) is -0.778. The number of amides is 2. The summed E-state index contributed by atoms with van der Waals surface area (Å²) in [4.78, 5) is 34.0. The van der Waals surface area contributed by atoms with Gasteiger partial charge >= 0.3 is 6.16 Å². The Hall–Kier alpha value is -2.48. The highest BCUT2D eigenvalue weighted by Gasteiger charge is 2.26. The van der Waals surface area contributed by atoms with Gasteiger partial charge in [-0.15, -0.1) is 0 Å². The van der Waals surface area contributed by atoms with Crippen LogP contribution in [0.5, 0.6) is 5.75 Å². The predicted molar refractivity (Wildman–Crippen MR) is 55.8 cm³/mol. The van der Waals surface area contributed by atoms with Gasteiger partial charge in [0, 0.05) is 19.0 Å². The van der Waals surface area contributed by atoms with E-state index in [2.05, 4.69) is 9.72 Å². The van der Waals surface area contributed by atoms with Crippen LogP contribution in [0.4, 0.5) is 4.79 Å². The van der Waals surface area contributed by atoms with Crippen molar-refractivity contribution in [2.45, 2.75) is 12.8 Å². The van der Waals surface area contributed by atoms with Crippen LogP contribution in [0, 0.1) is 0 Å². The van der Waals surface area contributed by atoms with E-state index in [4.69, 9.17) is 10.3 Å². The number of carbonyl (C=O) groups excluding carboxylic acids is 2. The van der Waals surface area contributed by atoms with Crippen LogP contribution in [0.15, 0.2) is 24.5 Å². The molecular weight excluding hydrogens is 244 g/mol. The Morgan fingerprint density at radius 3 is 2.28 bits per heavy atom. The molecule has 0 spiro atoms. The van der Waals surface area contributed by atoms with Gasteiger partial charge in [0.05, 0.1) is 6.20 Å². The second kappa shape index (κ2) is 6.30. The summed E-state index contributed by atoms with van der Waals surface area (Å²) in [6.45, 7) is 0. The van der Waals surface area contributed by atoms with E-state index in [0.29, 0.717) is 0 Å². The molecular formula is C10H10N2O6. The first-order chi connectivity index (χ1) is 8.50. The number of hydroxylamine groups is 2. The van der Waals surface area contributed by atoms with E-state index < -0.39 is 18.0 Å². The fourth-order valence-electron chi connectivity index (χ4n) is 1.07. The Morgan fingerprint density at radius 1 is 1.33 bits per heavy atom. The predicted octanol–water partition coefficient (Wildman–Crippen LogP) is 0.663. The van der Waals surface area contributed by atoms with Crippen molar-refractivity contribution in [3.05, 3.63) is 24.5 Å². The molecule has 0 radical (unpaired) electrons. The van der Waals surface area contributed by atoms with Gasteiger partial charge in [0.1, 0.15) is 0 Å². The number of rotatable bonds is 1. The minimum atomic E-state index is -1.33. The first-order valence-electron chi connectivity index (χ1n) is 4.86. The van der Waals surface area contributed by atoms with Crippen LogP contribution in [0.25, 0.3) is 0 Å². The topological polar surface area (TPSA) is 117 Å². The molecule has 1 aromatic heterocycles. The summed E-state index contributed by atoms with van der Waals surface area (Å²) in [6, 6.07) is 3.11. The SMILES string of the molecule is O=C(O)Oc1cccnc1.O=C1CCC(=O)N1O. The molecule has 0 atom stereocenters. The smallest absolute Gasteiger partial charge is 0.449 e. The molecule has 1 aliphatic rings. The van der Waals surface area contributed by atoms with Gasteiger partial charge in [-0.2, -0.15) is 5.06 Å². The number of carbonyl (C=O) groups is 3. The number of pyridine rings is 1. The minimum absolute atomic E-state index is 0.148.